The van der Waals surface area contributed by atoms with Crippen LogP contribution in [0.25, 0.3) is 0 Å². The molecule has 1 aliphatic carbocycles. The Hall–Kier alpha value is -7.60. The van der Waals surface area contributed by atoms with Crippen LogP contribution in [-0.4, -0.2) is 81.2 Å². The van der Waals surface area contributed by atoms with Crippen LogP contribution in [0.5, 0.6) is 23.0 Å². The number of nitrogens with zero attached hydrogens (tertiary/aromatic N) is 2. The molecule has 0 fully saturated rings. The van der Waals surface area contributed by atoms with Crippen molar-refractivity contribution < 1.29 is 37.9 Å². The Balaban J connectivity index is 1.16. The van der Waals surface area contributed by atoms with Gasteiger partial charge in [-0.15, -0.1) is 0 Å². The first-order valence-corrected chi connectivity index (χ1v) is 28.5. The Morgan fingerprint density at radius 2 is 0.688 bits per heavy atom. The van der Waals surface area contributed by atoms with E-state index in [-0.39, 0.29) is 0 Å². The number of benzene rings is 8. The van der Waals surface area contributed by atoms with Gasteiger partial charge in [0.05, 0.1) is 39.6 Å². The number of hydrogen-bond acceptors (Lipinski definition) is 10. The molecule has 8 aromatic carbocycles. The number of rotatable bonds is 10. The van der Waals surface area contributed by atoms with Gasteiger partial charge in [0.1, 0.15) is 47.4 Å². The van der Waals surface area contributed by atoms with Crippen molar-refractivity contribution in [3.8, 4) is 23.0 Å². The summed E-state index contributed by atoms with van der Waals surface area (Å²) in [5.74, 6) is 3.34. The quantitative estimate of drug-likeness (QED) is 0.132. The Bertz CT molecular complexity index is 3140. The minimum atomic E-state index is -0.990. The normalized spacial score (nSPS) is 16.2. The summed E-state index contributed by atoms with van der Waals surface area (Å²) in [6.07, 6.45) is 3.68. The molecule has 0 unspecified atom stereocenters. The third kappa shape index (κ3) is 9.26. The van der Waals surface area contributed by atoms with E-state index in [1.807, 2.05) is 14.2 Å². The van der Waals surface area contributed by atoms with Crippen LogP contribution >= 0.6 is 0 Å². The van der Waals surface area contributed by atoms with Gasteiger partial charge in [0.15, 0.2) is 0 Å². The van der Waals surface area contributed by atoms with Gasteiger partial charge in [0.2, 0.25) is 0 Å². The summed E-state index contributed by atoms with van der Waals surface area (Å²) < 4.78 is 55.1. The number of hydrogen-bond donors (Lipinski definition) is 0. The third-order valence-corrected chi connectivity index (χ3v) is 16.6. The molecule has 10 nitrogen and oxygen atoms in total. The van der Waals surface area contributed by atoms with E-state index in [1.54, 1.807) is 0 Å². The van der Waals surface area contributed by atoms with Crippen LogP contribution in [0, 0.1) is 0 Å². The second kappa shape index (κ2) is 22.9. The van der Waals surface area contributed by atoms with Gasteiger partial charge in [-0.25, -0.2) is 0 Å². The zero-order valence-corrected chi connectivity index (χ0v) is 47.1. The number of ether oxygens (including phenoxy) is 8. The van der Waals surface area contributed by atoms with Crippen LogP contribution in [0.2, 0.25) is 0 Å². The molecule has 0 aromatic heterocycles. The molecule has 0 N–H and O–H groups in total. The van der Waals surface area contributed by atoms with Gasteiger partial charge in [-0.1, -0.05) is 123 Å². The van der Waals surface area contributed by atoms with Gasteiger partial charge in [-0.3, -0.25) is 0 Å². The minimum Gasteiger partial charge on any atom is -0.493 e. The van der Waals surface area contributed by atoms with Crippen LogP contribution in [0.1, 0.15) is 105 Å². The van der Waals surface area contributed by atoms with Crippen LogP contribution in [0.15, 0.2) is 158 Å². The van der Waals surface area contributed by atoms with Crippen LogP contribution in [0.3, 0.4) is 0 Å². The second-order valence-corrected chi connectivity index (χ2v) is 21.3. The van der Waals surface area contributed by atoms with Crippen molar-refractivity contribution in [2.24, 2.45) is 0 Å². The lowest BCUT2D eigenvalue weighted by Crippen LogP contribution is -2.38. The zero-order valence-electron chi connectivity index (χ0n) is 47.1. The molecule has 4 aliphatic rings. The first kappa shape index (κ1) is 53.1. The highest BCUT2D eigenvalue weighted by Gasteiger charge is 2.47. The first-order chi connectivity index (χ1) is 39.3. The number of para-hydroxylation sites is 6. The molecule has 0 saturated carbocycles. The lowest BCUT2D eigenvalue weighted by Gasteiger charge is -2.44. The molecule has 0 saturated heterocycles. The molecule has 0 amide bonds. The lowest BCUT2D eigenvalue weighted by atomic mass is 9.74. The van der Waals surface area contributed by atoms with E-state index in [0.717, 1.165) is 136 Å². The summed E-state index contributed by atoms with van der Waals surface area (Å²) in [5.41, 5.74) is 16.8. The van der Waals surface area contributed by atoms with E-state index < -0.39 is 11.2 Å². The molecule has 10 bridgehead atoms. The largest absolute Gasteiger partial charge is 0.493 e. The fraction of sp³-hybridized carbons (Fsp3) is 0.314. The van der Waals surface area contributed by atoms with E-state index >= 15 is 0 Å². The van der Waals surface area contributed by atoms with Gasteiger partial charge in [0, 0.05) is 99.0 Å². The molecule has 12 rings (SSSR count). The van der Waals surface area contributed by atoms with Crippen molar-refractivity contribution in [2.75, 3.05) is 91.0 Å². The first-order valence-electron chi connectivity index (χ1n) is 28.5. The van der Waals surface area contributed by atoms with E-state index in [9.17, 15) is 0 Å². The molecule has 0 spiro atoms. The van der Waals surface area contributed by atoms with Crippen molar-refractivity contribution in [3.05, 3.63) is 236 Å². The maximum absolute atomic E-state index is 7.15. The molecule has 410 valence electrons. The average molecular weight is 1070 g/mol. The molecular formula is C70H72N2O8. The molecule has 10 heteroatoms. The van der Waals surface area contributed by atoms with Gasteiger partial charge < -0.3 is 47.7 Å². The maximum atomic E-state index is 7.15. The minimum absolute atomic E-state index is 0.334. The molecule has 8 aromatic rings. The van der Waals surface area contributed by atoms with Crippen LogP contribution in [-0.2, 0) is 55.8 Å². The molecule has 0 atom stereocenters. The van der Waals surface area contributed by atoms with Crippen molar-refractivity contribution >= 4 is 22.7 Å². The van der Waals surface area contributed by atoms with Crippen molar-refractivity contribution in [2.45, 2.75) is 63.6 Å². The molecule has 3 heterocycles. The smallest absolute Gasteiger partial charge is 0.147 e. The number of fused-ring (bicyclic) bond motifs is 6. The summed E-state index contributed by atoms with van der Waals surface area (Å²) in [5, 5.41) is 0. The van der Waals surface area contributed by atoms with Gasteiger partial charge in [0.25, 0.3) is 0 Å². The highest BCUT2D eigenvalue weighted by atomic mass is 16.6. The van der Waals surface area contributed by atoms with Gasteiger partial charge in [-0.2, -0.15) is 0 Å². The van der Waals surface area contributed by atoms with E-state index in [2.05, 4.69) is 195 Å². The van der Waals surface area contributed by atoms with Gasteiger partial charge >= 0.3 is 0 Å². The lowest BCUT2D eigenvalue weighted by molar-refractivity contribution is 0.0270. The topological polar surface area (TPSA) is 80.3 Å². The fourth-order valence-corrected chi connectivity index (χ4v) is 13.1. The third-order valence-electron chi connectivity index (χ3n) is 16.6. The van der Waals surface area contributed by atoms with Crippen LogP contribution < -0.4 is 28.7 Å². The summed E-state index contributed by atoms with van der Waals surface area (Å²) in [6, 6.07) is 57.0. The molecular weight excluding hydrogens is 997 g/mol. The van der Waals surface area contributed by atoms with E-state index in [4.69, 9.17) is 37.9 Å². The SMILES string of the molecule is CCCOc1c2cccc1Cc1cc(C3(OC)c4ccccc4N(C)c4ccccc43)cc3c1OCCOCCOCCOc1c(cc(C4(OC)c5ccccc5N(C)c5ccccc54)cc1Cc1cccc(c1OCCC)C3)C2. The Morgan fingerprint density at radius 3 is 0.988 bits per heavy atom. The maximum Gasteiger partial charge on any atom is 0.147 e. The Labute approximate surface area is 471 Å². The zero-order chi connectivity index (χ0) is 54.8. The van der Waals surface area contributed by atoms with Gasteiger partial charge in [-0.05, 0) is 117 Å². The predicted molar refractivity (Wildman–Crippen MR) is 317 cm³/mol. The Morgan fingerprint density at radius 1 is 0.388 bits per heavy atom. The van der Waals surface area contributed by atoms with Crippen molar-refractivity contribution in [1.29, 1.82) is 0 Å². The highest BCUT2D eigenvalue weighted by Crippen LogP contribution is 2.56. The van der Waals surface area contributed by atoms with Crippen molar-refractivity contribution in [3.63, 3.8) is 0 Å². The summed E-state index contributed by atoms with van der Waals surface area (Å²) in [7, 11) is 7.97. The average Bonchev–Trinajstić information content (AvgIpc) is 3.61. The standard InChI is InChI=1S/C70H72N2O8/c1-7-31-77-65-47-19-17-20-48(65)40-52-44-56(70(74-6)59-25-11-15-29-63(59)72(4)64-30-16-12-26-60(64)70)46-54-42-50-22-18-21-49(66(50)78-32-8-2)41-53-45-55(43-51(39-47)67(53)79-37-35-75-33-34-76-36-38-80-68(52)54)69(73-5)57-23-9-13-27-61(57)71(3)62-28-14-10-24-58(62)69/h9-30,43-46H,7-8,31-42H2,1-6H3. The highest BCUT2D eigenvalue weighted by molar-refractivity contribution is 5.81. The number of anilines is 4. The van der Waals surface area contributed by atoms with Crippen LogP contribution in [0.4, 0.5) is 22.7 Å². The monoisotopic (exact) mass is 1070 g/mol. The van der Waals surface area contributed by atoms with Crippen molar-refractivity contribution in [1.82, 2.24) is 0 Å². The summed E-state index contributed by atoms with van der Waals surface area (Å²) in [4.78, 5) is 4.55. The molecule has 80 heavy (non-hydrogen) atoms. The van der Waals surface area contributed by atoms with E-state index in [0.29, 0.717) is 78.5 Å². The predicted octanol–water partition coefficient (Wildman–Crippen LogP) is 13.8. The fourth-order valence-electron chi connectivity index (χ4n) is 13.1. The molecule has 3 aliphatic heterocycles. The molecule has 0 radical (unpaired) electrons. The Kier molecular flexibility index (Phi) is 15.2. The summed E-state index contributed by atoms with van der Waals surface area (Å²) in [6.45, 7) is 7.67. The number of methoxy groups -OCH3 is 2. The van der Waals surface area contributed by atoms with E-state index in [1.165, 1.54) is 0 Å². The second-order valence-electron chi connectivity index (χ2n) is 21.3. The summed E-state index contributed by atoms with van der Waals surface area (Å²) >= 11 is 0.